The molecule has 1 fully saturated rings. The zero-order valence-corrected chi connectivity index (χ0v) is 23.9. The van der Waals surface area contributed by atoms with E-state index >= 15 is 0 Å². The number of ether oxygens (including phenoxy) is 2. The molecule has 0 amide bonds. The third-order valence-electron chi connectivity index (χ3n) is 7.05. The molecule has 0 aromatic heterocycles. The topological polar surface area (TPSA) is 84.9 Å². The highest BCUT2D eigenvalue weighted by Crippen LogP contribution is 2.43. The molecule has 0 aliphatic carbocycles. The molecule has 4 atom stereocenters. The molecule has 208 valence electrons. The van der Waals surface area contributed by atoms with Gasteiger partial charge in [0.2, 0.25) is 10.0 Å². The van der Waals surface area contributed by atoms with Crippen LogP contribution in [0.1, 0.15) is 41.6 Å². The minimum Gasteiger partial charge on any atom is -0.392 e. The average molecular weight is 576 g/mol. The summed E-state index contributed by atoms with van der Waals surface area (Å²) in [6, 6.07) is 34.1. The summed E-state index contributed by atoms with van der Waals surface area (Å²) < 4.78 is 40.9. The second kappa shape index (κ2) is 13.1. The first-order chi connectivity index (χ1) is 19.4. The van der Waals surface area contributed by atoms with Gasteiger partial charge in [0.05, 0.1) is 23.7 Å². The molecule has 40 heavy (non-hydrogen) atoms. The van der Waals surface area contributed by atoms with Gasteiger partial charge in [-0.15, -0.1) is 11.8 Å². The quantitative estimate of drug-likeness (QED) is 0.218. The molecule has 0 unspecified atom stereocenters. The minimum atomic E-state index is -3.59. The number of thioether (sulfide) groups is 1. The number of benzene rings is 4. The van der Waals surface area contributed by atoms with Crippen LogP contribution in [-0.2, 0) is 32.6 Å². The van der Waals surface area contributed by atoms with Crippen molar-refractivity contribution in [1.82, 2.24) is 4.72 Å². The molecule has 2 N–H and O–H groups in total. The number of hydrogen-bond acceptors (Lipinski definition) is 6. The molecule has 4 aromatic rings. The molecule has 1 saturated heterocycles. The normalized spacial score (nSPS) is 21.2. The van der Waals surface area contributed by atoms with Crippen LogP contribution in [-0.4, -0.2) is 25.4 Å². The standard InChI is InChI=1S/C32H33NO5S2/c1-23-30(22-39-28-8-4-2-5-9-28)37-32(38-31(23)26-16-14-25(21-34)15-17-26)27-18-12-24(13-19-27)20-33-40(35,36)29-10-6-3-7-11-29/h2-19,23,30-34H,20-22H2,1H3/t23-,30+,31+,32+/m1/s1. The number of rotatable bonds is 10. The van der Waals surface area contributed by atoms with Gasteiger partial charge in [-0.25, -0.2) is 13.1 Å². The summed E-state index contributed by atoms with van der Waals surface area (Å²) in [7, 11) is -3.59. The zero-order chi connectivity index (χ0) is 28.0. The highest BCUT2D eigenvalue weighted by molar-refractivity contribution is 7.99. The lowest BCUT2D eigenvalue weighted by molar-refractivity contribution is -0.268. The van der Waals surface area contributed by atoms with Crippen molar-refractivity contribution in [1.29, 1.82) is 0 Å². The van der Waals surface area contributed by atoms with Crippen LogP contribution in [0.4, 0.5) is 0 Å². The molecule has 0 saturated carbocycles. The third-order valence-corrected chi connectivity index (χ3v) is 9.57. The number of sulfonamides is 1. The van der Waals surface area contributed by atoms with Crippen LogP contribution in [0.15, 0.2) is 119 Å². The lowest BCUT2D eigenvalue weighted by Gasteiger charge is -2.41. The highest BCUT2D eigenvalue weighted by atomic mass is 32.2. The van der Waals surface area contributed by atoms with Gasteiger partial charge in [-0.05, 0) is 41.0 Å². The molecule has 8 heteroatoms. The monoisotopic (exact) mass is 575 g/mol. The first-order valence-corrected chi connectivity index (χ1v) is 15.7. The van der Waals surface area contributed by atoms with E-state index in [0.717, 1.165) is 28.0 Å². The summed E-state index contributed by atoms with van der Waals surface area (Å²) in [5.74, 6) is 0.870. The maximum atomic E-state index is 12.6. The Morgan fingerprint density at radius 1 is 0.775 bits per heavy atom. The SMILES string of the molecule is C[C@@H]1[C@H](CSc2ccccc2)O[C@H](c2ccc(CNS(=O)(=O)c3ccccc3)cc2)O[C@@H]1c1ccc(CO)cc1. The maximum absolute atomic E-state index is 12.6. The zero-order valence-electron chi connectivity index (χ0n) is 22.2. The Morgan fingerprint density at radius 3 is 2.02 bits per heavy atom. The van der Waals surface area contributed by atoms with E-state index in [0.29, 0.717) is 0 Å². The second-order valence-corrected chi connectivity index (χ2v) is 12.7. The predicted octanol–water partition coefficient (Wildman–Crippen LogP) is 6.24. The fourth-order valence-electron chi connectivity index (χ4n) is 4.66. The van der Waals surface area contributed by atoms with Crippen molar-refractivity contribution < 1.29 is 23.0 Å². The molecule has 6 nitrogen and oxygen atoms in total. The Labute approximate surface area is 240 Å². The Balaban J connectivity index is 1.32. The molecule has 0 bridgehead atoms. The van der Waals surface area contributed by atoms with Gasteiger partial charge in [0.25, 0.3) is 0 Å². The van der Waals surface area contributed by atoms with Crippen LogP contribution in [0.2, 0.25) is 0 Å². The molecular weight excluding hydrogens is 542 g/mol. The lowest BCUT2D eigenvalue weighted by atomic mass is 9.91. The average Bonchev–Trinajstić information content (AvgIpc) is 3.01. The van der Waals surface area contributed by atoms with Gasteiger partial charge in [0, 0.05) is 28.7 Å². The van der Waals surface area contributed by atoms with Gasteiger partial charge in [0.1, 0.15) is 0 Å². The van der Waals surface area contributed by atoms with E-state index in [1.54, 1.807) is 42.1 Å². The van der Waals surface area contributed by atoms with E-state index in [2.05, 4.69) is 23.8 Å². The summed E-state index contributed by atoms with van der Waals surface area (Å²) in [6.45, 7) is 2.33. The summed E-state index contributed by atoms with van der Waals surface area (Å²) >= 11 is 1.76. The molecule has 1 heterocycles. The molecular formula is C32H33NO5S2. The number of nitrogens with one attached hydrogen (secondary N) is 1. The van der Waals surface area contributed by atoms with Gasteiger partial charge in [-0.3, -0.25) is 0 Å². The van der Waals surface area contributed by atoms with Gasteiger partial charge in [-0.1, -0.05) is 91.9 Å². The van der Waals surface area contributed by atoms with Gasteiger partial charge < -0.3 is 14.6 Å². The van der Waals surface area contributed by atoms with Crippen molar-refractivity contribution in [3.8, 4) is 0 Å². The van der Waals surface area contributed by atoms with Crippen molar-refractivity contribution in [2.75, 3.05) is 5.75 Å². The number of hydrogen-bond donors (Lipinski definition) is 2. The molecule has 1 aliphatic rings. The fourth-order valence-corrected chi connectivity index (χ4v) is 6.79. The van der Waals surface area contributed by atoms with E-state index in [9.17, 15) is 13.5 Å². The van der Waals surface area contributed by atoms with Crippen molar-refractivity contribution in [2.24, 2.45) is 5.92 Å². The Hall–Kier alpha value is -2.98. The van der Waals surface area contributed by atoms with Crippen LogP contribution >= 0.6 is 11.8 Å². The van der Waals surface area contributed by atoms with E-state index in [1.807, 2.05) is 66.7 Å². The summed E-state index contributed by atoms with van der Waals surface area (Å²) in [6.07, 6.45) is -0.829. The van der Waals surface area contributed by atoms with Gasteiger partial charge in [-0.2, -0.15) is 0 Å². The Bertz CT molecular complexity index is 1460. The van der Waals surface area contributed by atoms with E-state index in [1.165, 1.54) is 4.90 Å². The molecule has 0 radical (unpaired) electrons. The summed E-state index contributed by atoms with van der Waals surface area (Å²) in [4.78, 5) is 1.43. The smallest absolute Gasteiger partial charge is 0.240 e. The minimum absolute atomic E-state index is 0.00269. The van der Waals surface area contributed by atoms with Crippen molar-refractivity contribution in [3.05, 3.63) is 131 Å². The van der Waals surface area contributed by atoms with Crippen LogP contribution in [0, 0.1) is 5.92 Å². The van der Waals surface area contributed by atoms with Crippen LogP contribution in [0.5, 0.6) is 0 Å². The number of aliphatic hydroxyl groups excluding tert-OH is 1. The molecule has 4 aromatic carbocycles. The third kappa shape index (κ3) is 7.01. The lowest BCUT2D eigenvalue weighted by Crippen LogP contribution is -2.38. The predicted molar refractivity (Wildman–Crippen MR) is 157 cm³/mol. The Kier molecular flexibility index (Phi) is 9.36. The van der Waals surface area contributed by atoms with Crippen molar-refractivity contribution >= 4 is 21.8 Å². The van der Waals surface area contributed by atoms with Gasteiger partial charge >= 0.3 is 0 Å². The van der Waals surface area contributed by atoms with E-state index in [4.69, 9.17) is 9.47 Å². The molecule has 1 aliphatic heterocycles. The fraction of sp³-hybridized carbons (Fsp3) is 0.250. The second-order valence-electron chi connectivity index (χ2n) is 9.83. The number of aliphatic hydroxyl groups is 1. The Morgan fingerprint density at radius 2 is 1.38 bits per heavy atom. The maximum Gasteiger partial charge on any atom is 0.240 e. The van der Waals surface area contributed by atoms with Crippen LogP contribution < -0.4 is 4.72 Å². The van der Waals surface area contributed by atoms with Crippen molar-refractivity contribution in [2.45, 2.75) is 48.4 Å². The van der Waals surface area contributed by atoms with Gasteiger partial charge in [0.15, 0.2) is 6.29 Å². The molecule has 0 spiro atoms. The van der Waals surface area contributed by atoms with E-state index < -0.39 is 16.3 Å². The largest absolute Gasteiger partial charge is 0.392 e. The molecule has 5 rings (SSSR count). The summed E-state index contributed by atoms with van der Waals surface area (Å²) in [5, 5.41) is 9.47. The van der Waals surface area contributed by atoms with Crippen LogP contribution in [0.25, 0.3) is 0 Å². The van der Waals surface area contributed by atoms with E-state index in [-0.39, 0.29) is 36.2 Å². The van der Waals surface area contributed by atoms with Crippen LogP contribution in [0.3, 0.4) is 0 Å². The summed E-state index contributed by atoms with van der Waals surface area (Å²) in [5.41, 5.74) is 3.60. The highest BCUT2D eigenvalue weighted by Gasteiger charge is 2.38. The first-order valence-electron chi connectivity index (χ1n) is 13.2. The van der Waals surface area contributed by atoms with Crippen molar-refractivity contribution in [3.63, 3.8) is 0 Å². The first kappa shape index (κ1) is 28.5.